The van der Waals surface area contributed by atoms with Crippen LogP contribution in [0.2, 0.25) is 10.0 Å². The lowest BCUT2D eigenvalue weighted by Crippen LogP contribution is -2.12. The smallest absolute Gasteiger partial charge is 0.296 e. The molecule has 0 saturated heterocycles. The van der Waals surface area contributed by atoms with Crippen LogP contribution in [-0.2, 0) is 16.5 Å². The third-order valence-electron chi connectivity index (χ3n) is 5.75. The fourth-order valence-corrected chi connectivity index (χ4v) is 5.40. The molecular formula is C27H23Cl2N3O6S. The van der Waals surface area contributed by atoms with Gasteiger partial charge in [0.15, 0.2) is 5.75 Å². The molecule has 0 radical (unpaired) electrons. The van der Waals surface area contributed by atoms with Gasteiger partial charge >= 0.3 is 0 Å². The number of benzene rings is 4. The number of ether oxygens (including phenoxy) is 1. The lowest BCUT2D eigenvalue weighted by atomic mass is 10.0. The third-order valence-corrected chi connectivity index (χ3v) is 7.41. The van der Waals surface area contributed by atoms with Crippen molar-refractivity contribution in [1.82, 2.24) is 0 Å². The average Bonchev–Trinajstić information content (AvgIpc) is 2.87. The minimum atomic E-state index is -4.54. The summed E-state index contributed by atoms with van der Waals surface area (Å²) in [5.41, 5.74) is 0.898. The number of carbonyl (C=O) groups is 1. The molecule has 4 rings (SSSR count). The predicted octanol–water partition coefficient (Wildman–Crippen LogP) is 7.73. The molecule has 3 N–H and O–H groups in total. The van der Waals surface area contributed by atoms with Gasteiger partial charge in [-0.3, -0.25) is 9.35 Å². The Morgan fingerprint density at radius 2 is 1.77 bits per heavy atom. The second-order valence-electron chi connectivity index (χ2n) is 8.31. The number of nitrogens with zero attached hydrogens (tertiary/aromatic N) is 2. The summed E-state index contributed by atoms with van der Waals surface area (Å²) in [5, 5.41) is 23.6. The molecule has 0 bridgehead atoms. The molecule has 0 aliphatic heterocycles. The standard InChI is InChI=1S/C27H23Cl2N3O6S/c1-3-19-22(9-10-23(24(19)29)39(35,36)37)31-32-25-20-8-6-5-7-15(20)11-21(26(25)33)27(34)30-17-12-16(28)13-18(14-17)38-4-2/h5-14,33H,3-4H2,1-2H3,(H,30,34)(H,35,36,37). The number of hydrogen-bond donors (Lipinski definition) is 3. The summed E-state index contributed by atoms with van der Waals surface area (Å²) in [7, 11) is -4.54. The monoisotopic (exact) mass is 587 g/mol. The van der Waals surface area contributed by atoms with Gasteiger partial charge in [0, 0.05) is 22.2 Å². The Morgan fingerprint density at radius 1 is 1.03 bits per heavy atom. The number of phenolic OH excluding ortho intramolecular Hbond substituents is 1. The van der Waals surface area contributed by atoms with Crippen molar-refractivity contribution in [3.05, 3.63) is 81.8 Å². The largest absolute Gasteiger partial charge is 0.505 e. The van der Waals surface area contributed by atoms with E-state index in [4.69, 9.17) is 27.9 Å². The second-order valence-corrected chi connectivity index (χ2v) is 10.5. The number of amides is 1. The van der Waals surface area contributed by atoms with Crippen LogP contribution < -0.4 is 10.1 Å². The van der Waals surface area contributed by atoms with Crippen LogP contribution >= 0.6 is 23.2 Å². The SMILES string of the molecule is CCOc1cc(Cl)cc(NC(=O)c2cc3ccccc3c(N=Nc3ccc(S(=O)(=O)O)c(Cl)c3CC)c2O)c1. The van der Waals surface area contributed by atoms with Crippen LogP contribution in [0, 0.1) is 0 Å². The van der Waals surface area contributed by atoms with Crippen molar-refractivity contribution in [2.24, 2.45) is 10.2 Å². The van der Waals surface area contributed by atoms with Gasteiger partial charge < -0.3 is 15.2 Å². The summed E-state index contributed by atoms with van der Waals surface area (Å²) >= 11 is 12.4. The van der Waals surface area contributed by atoms with Crippen LogP contribution in [0.1, 0.15) is 29.8 Å². The van der Waals surface area contributed by atoms with Crippen LogP contribution in [0.4, 0.5) is 17.1 Å². The first-order valence-electron chi connectivity index (χ1n) is 11.7. The summed E-state index contributed by atoms with van der Waals surface area (Å²) in [6.45, 7) is 3.97. The van der Waals surface area contributed by atoms with E-state index in [1.807, 2.05) is 6.92 Å². The van der Waals surface area contributed by atoms with Crippen LogP contribution in [0.15, 0.2) is 75.8 Å². The molecule has 0 aromatic heterocycles. The summed E-state index contributed by atoms with van der Waals surface area (Å²) in [6, 6.07) is 15.8. The maximum Gasteiger partial charge on any atom is 0.296 e. The molecule has 39 heavy (non-hydrogen) atoms. The number of aromatic hydroxyl groups is 1. The number of phenols is 1. The van der Waals surface area contributed by atoms with Gasteiger partial charge in [0.05, 0.1) is 22.9 Å². The number of azo groups is 1. The molecule has 0 atom stereocenters. The number of nitrogens with one attached hydrogen (secondary N) is 1. The minimum absolute atomic E-state index is 0.0244. The molecule has 0 spiro atoms. The maximum absolute atomic E-state index is 13.2. The first-order chi connectivity index (χ1) is 18.5. The van der Waals surface area contributed by atoms with E-state index in [0.717, 1.165) is 6.07 Å². The Labute approximate surface area is 234 Å². The molecule has 12 heteroatoms. The first-order valence-corrected chi connectivity index (χ1v) is 13.9. The lowest BCUT2D eigenvalue weighted by molar-refractivity contribution is 0.102. The molecule has 1 amide bonds. The zero-order chi connectivity index (χ0) is 28.3. The van der Waals surface area contributed by atoms with Gasteiger partial charge in [0.2, 0.25) is 0 Å². The highest BCUT2D eigenvalue weighted by molar-refractivity contribution is 7.86. The molecule has 202 valence electrons. The van der Waals surface area contributed by atoms with E-state index in [1.54, 1.807) is 49.4 Å². The van der Waals surface area contributed by atoms with Gasteiger partial charge in [-0.25, -0.2) is 0 Å². The van der Waals surface area contributed by atoms with E-state index < -0.39 is 26.7 Å². The summed E-state index contributed by atoms with van der Waals surface area (Å²) < 4.78 is 38.2. The van der Waals surface area contributed by atoms with Gasteiger partial charge in [0.25, 0.3) is 16.0 Å². The topological polar surface area (TPSA) is 138 Å². The van der Waals surface area contributed by atoms with Crippen molar-refractivity contribution in [2.75, 3.05) is 11.9 Å². The summed E-state index contributed by atoms with van der Waals surface area (Å²) in [5.74, 6) is -0.558. The van der Waals surface area contributed by atoms with E-state index in [-0.39, 0.29) is 28.4 Å². The number of carbonyl (C=O) groups excluding carboxylic acids is 1. The van der Waals surface area contributed by atoms with Crippen molar-refractivity contribution in [1.29, 1.82) is 0 Å². The number of hydrogen-bond acceptors (Lipinski definition) is 7. The fourth-order valence-electron chi connectivity index (χ4n) is 4.00. The van der Waals surface area contributed by atoms with Crippen molar-refractivity contribution in [2.45, 2.75) is 25.2 Å². The molecule has 0 saturated carbocycles. The molecular weight excluding hydrogens is 565 g/mol. The molecule has 9 nitrogen and oxygen atoms in total. The fraction of sp³-hybridized carbons (Fsp3) is 0.148. The number of anilines is 1. The highest BCUT2D eigenvalue weighted by Crippen LogP contribution is 2.41. The lowest BCUT2D eigenvalue weighted by Gasteiger charge is -2.13. The van der Waals surface area contributed by atoms with Crippen LogP contribution in [0.5, 0.6) is 11.5 Å². The molecule has 0 heterocycles. The van der Waals surface area contributed by atoms with Gasteiger partial charge in [-0.1, -0.05) is 54.4 Å². The van der Waals surface area contributed by atoms with Gasteiger partial charge in [-0.15, -0.1) is 5.11 Å². The summed E-state index contributed by atoms with van der Waals surface area (Å²) in [4.78, 5) is 12.8. The first kappa shape index (κ1) is 28.3. The molecule has 4 aromatic carbocycles. The van der Waals surface area contributed by atoms with E-state index in [2.05, 4.69) is 15.5 Å². The number of fused-ring (bicyclic) bond motifs is 1. The average molecular weight is 588 g/mol. The minimum Gasteiger partial charge on any atom is -0.505 e. The molecule has 0 unspecified atom stereocenters. The van der Waals surface area contributed by atoms with Crippen LogP contribution in [-0.4, -0.2) is 30.6 Å². The van der Waals surface area contributed by atoms with Crippen molar-refractivity contribution < 1.29 is 27.6 Å². The molecule has 4 aromatic rings. The van der Waals surface area contributed by atoms with Gasteiger partial charge in [-0.05, 0) is 54.6 Å². The van der Waals surface area contributed by atoms with E-state index in [9.17, 15) is 22.9 Å². The Kier molecular flexibility index (Phi) is 8.41. The summed E-state index contributed by atoms with van der Waals surface area (Å²) in [6.07, 6.45) is 0.287. The van der Waals surface area contributed by atoms with Crippen molar-refractivity contribution in [3.63, 3.8) is 0 Å². The number of halogens is 2. The normalized spacial score (nSPS) is 11.7. The molecule has 0 aliphatic rings. The number of rotatable bonds is 8. The van der Waals surface area contributed by atoms with E-state index in [1.165, 1.54) is 12.1 Å². The van der Waals surface area contributed by atoms with E-state index in [0.29, 0.717) is 39.4 Å². The third kappa shape index (κ3) is 6.15. The predicted molar refractivity (Wildman–Crippen MR) is 151 cm³/mol. The second kappa shape index (κ2) is 11.6. The highest BCUT2D eigenvalue weighted by atomic mass is 35.5. The zero-order valence-electron chi connectivity index (χ0n) is 20.8. The van der Waals surface area contributed by atoms with Crippen molar-refractivity contribution >= 4 is 67.1 Å². The van der Waals surface area contributed by atoms with Crippen LogP contribution in [0.3, 0.4) is 0 Å². The van der Waals surface area contributed by atoms with E-state index >= 15 is 0 Å². The Hall–Kier alpha value is -3.70. The van der Waals surface area contributed by atoms with Crippen molar-refractivity contribution in [3.8, 4) is 11.5 Å². The quantitative estimate of drug-likeness (QED) is 0.142. The Bertz CT molecular complexity index is 1720. The van der Waals surface area contributed by atoms with Crippen LogP contribution in [0.25, 0.3) is 10.8 Å². The van der Waals surface area contributed by atoms with Gasteiger partial charge in [-0.2, -0.15) is 13.5 Å². The zero-order valence-corrected chi connectivity index (χ0v) is 23.1. The maximum atomic E-state index is 13.2. The Morgan fingerprint density at radius 3 is 2.46 bits per heavy atom. The molecule has 0 fully saturated rings. The molecule has 0 aliphatic carbocycles. The Balaban J connectivity index is 1.78. The highest BCUT2D eigenvalue weighted by Gasteiger charge is 2.21. The van der Waals surface area contributed by atoms with Gasteiger partial charge in [0.1, 0.15) is 16.3 Å².